The fourth-order valence-electron chi connectivity index (χ4n) is 2.38. The van der Waals surface area contributed by atoms with Gasteiger partial charge >= 0.3 is 0 Å². The van der Waals surface area contributed by atoms with E-state index in [1.165, 1.54) is 31.3 Å². The number of halogens is 2. The lowest BCUT2D eigenvalue weighted by Gasteiger charge is -2.09. The highest BCUT2D eigenvalue weighted by Gasteiger charge is 2.10. The van der Waals surface area contributed by atoms with Gasteiger partial charge in [-0.1, -0.05) is 12.1 Å². The van der Waals surface area contributed by atoms with Crippen molar-refractivity contribution in [3.63, 3.8) is 0 Å². The van der Waals surface area contributed by atoms with Crippen molar-refractivity contribution in [2.45, 2.75) is 6.92 Å². The van der Waals surface area contributed by atoms with Crippen molar-refractivity contribution in [2.75, 3.05) is 10.6 Å². The number of pyridine rings is 1. The molecule has 0 unspecified atom stereocenters. The fourth-order valence-corrected chi connectivity index (χ4v) is 2.38. The fraction of sp³-hybridized carbons (Fsp3) is 0.0500. The maximum absolute atomic E-state index is 13.3. The number of Topliss-reactive ketones (excluding diaryl/α,β-unsaturated/α-hetero) is 1. The molecule has 0 saturated carbocycles. The van der Waals surface area contributed by atoms with Crippen LogP contribution in [-0.4, -0.2) is 16.7 Å². The van der Waals surface area contributed by atoms with Gasteiger partial charge in [0.15, 0.2) is 17.4 Å². The molecule has 0 aliphatic rings. The zero-order chi connectivity index (χ0) is 19.4. The van der Waals surface area contributed by atoms with Crippen molar-refractivity contribution < 1.29 is 18.4 Å². The Hall–Kier alpha value is -3.61. The van der Waals surface area contributed by atoms with Crippen molar-refractivity contribution in [2.24, 2.45) is 0 Å². The topological polar surface area (TPSA) is 71.1 Å². The second-order valence-corrected chi connectivity index (χ2v) is 5.77. The third kappa shape index (κ3) is 4.52. The number of aromatic nitrogens is 1. The Labute approximate surface area is 154 Å². The van der Waals surface area contributed by atoms with Crippen LogP contribution in [0.1, 0.15) is 27.6 Å². The molecule has 3 rings (SSSR count). The van der Waals surface area contributed by atoms with Gasteiger partial charge in [0.1, 0.15) is 5.82 Å². The van der Waals surface area contributed by atoms with Gasteiger partial charge in [-0.3, -0.25) is 9.59 Å². The summed E-state index contributed by atoms with van der Waals surface area (Å²) < 4.78 is 26.2. The molecular formula is C20H15F2N3O2. The van der Waals surface area contributed by atoms with Gasteiger partial charge in [0.25, 0.3) is 5.91 Å². The highest BCUT2D eigenvalue weighted by atomic mass is 19.2. The highest BCUT2D eigenvalue weighted by Crippen LogP contribution is 2.19. The van der Waals surface area contributed by atoms with Crippen LogP contribution in [0.15, 0.2) is 60.8 Å². The Morgan fingerprint density at radius 3 is 2.44 bits per heavy atom. The molecule has 2 aromatic carbocycles. The third-order valence-corrected chi connectivity index (χ3v) is 3.74. The number of ketones is 1. The standard InChI is InChI=1S/C20H15F2N3O2/c1-12(26)13-3-2-4-15(9-13)24-19-10-14(7-8-23-19)20(27)25-16-5-6-17(21)18(22)11-16/h2-11H,1H3,(H,23,24)(H,25,27). The lowest BCUT2D eigenvalue weighted by atomic mass is 10.1. The summed E-state index contributed by atoms with van der Waals surface area (Å²) in [6.07, 6.45) is 1.44. The normalized spacial score (nSPS) is 10.3. The largest absolute Gasteiger partial charge is 0.340 e. The Morgan fingerprint density at radius 1 is 0.889 bits per heavy atom. The molecule has 2 N–H and O–H groups in total. The Bertz CT molecular complexity index is 1020. The summed E-state index contributed by atoms with van der Waals surface area (Å²) in [5, 5.41) is 5.52. The molecule has 0 aliphatic carbocycles. The average molecular weight is 367 g/mol. The number of benzene rings is 2. The van der Waals surface area contributed by atoms with Crippen LogP contribution in [0.25, 0.3) is 0 Å². The van der Waals surface area contributed by atoms with Crippen LogP contribution in [0.5, 0.6) is 0 Å². The van der Waals surface area contributed by atoms with Gasteiger partial charge in [-0.05, 0) is 43.3 Å². The summed E-state index contributed by atoms with van der Waals surface area (Å²) in [6, 6.07) is 13.0. The monoisotopic (exact) mass is 367 g/mol. The maximum atomic E-state index is 13.3. The van der Waals surface area contributed by atoms with Gasteiger partial charge in [-0.15, -0.1) is 0 Å². The highest BCUT2D eigenvalue weighted by molar-refractivity contribution is 6.04. The minimum absolute atomic E-state index is 0.0636. The zero-order valence-electron chi connectivity index (χ0n) is 14.3. The molecule has 1 amide bonds. The molecular weight excluding hydrogens is 352 g/mol. The SMILES string of the molecule is CC(=O)c1cccc(Nc2cc(C(=O)Nc3ccc(F)c(F)c3)ccn2)c1. The summed E-state index contributed by atoms with van der Waals surface area (Å²) in [5.74, 6) is -2.20. The molecule has 0 atom stereocenters. The first kappa shape index (κ1) is 18.2. The van der Waals surface area contributed by atoms with E-state index >= 15 is 0 Å². The van der Waals surface area contributed by atoms with Crippen LogP contribution in [0.3, 0.4) is 0 Å². The molecule has 1 aromatic heterocycles. The summed E-state index contributed by atoms with van der Waals surface area (Å²) in [5.41, 5.74) is 1.61. The Kier molecular flexibility index (Phi) is 5.21. The zero-order valence-corrected chi connectivity index (χ0v) is 14.3. The van der Waals surface area contributed by atoms with E-state index in [2.05, 4.69) is 15.6 Å². The minimum Gasteiger partial charge on any atom is -0.340 e. The molecule has 5 nitrogen and oxygen atoms in total. The molecule has 3 aromatic rings. The minimum atomic E-state index is -1.05. The van der Waals surface area contributed by atoms with E-state index in [9.17, 15) is 18.4 Å². The van der Waals surface area contributed by atoms with Gasteiger partial charge in [0.2, 0.25) is 0 Å². The van der Waals surface area contributed by atoms with Crippen LogP contribution < -0.4 is 10.6 Å². The molecule has 7 heteroatoms. The van der Waals surface area contributed by atoms with E-state index in [1.807, 2.05) is 0 Å². The summed E-state index contributed by atoms with van der Waals surface area (Å²) in [4.78, 5) is 27.9. The number of anilines is 3. The number of hydrogen-bond acceptors (Lipinski definition) is 4. The predicted octanol–water partition coefficient (Wildman–Crippen LogP) is 4.56. The Morgan fingerprint density at radius 2 is 1.70 bits per heavy atom. The van der Waals surface area contributed by atoms with E-state index in [0.717, 1.165) is 12.1 Å². The molecule has 0 aliphatic heterocycles. The van der Waals surface area contributed by atoms with Gasteiger partial charge < -0.3 is 10.6 Å². The maximum Gasteiger partial charge on any atom is 0.255 e. The number of nitrogens with zero attached hydrogens (tertiary/aromatic N) is 1. The third-order valence-electron chi connectivity index (χ3n) is 3.74. The molecule has 0 fully saturated rings. The quantitative estimate of drug-likeness (QED) is 0.649. The predicted molar refractivity (Wildman–Crippen MR) is 98.3 cm³/mol. The van der Waals surface area contributed by atoms with E-state index in [1.54, 1.807) is 24.3 Å². The first-order valence-corrected chi connectivity index (χ1v) is 8.03. The van der Waals surface area contributed by atoms with E-state index in [-0.39, 0.29) is 17.0 Å². The van der Waals surface area contributed by atoms with Gasteiger partial charge in [0, 0.05) is 34.8 Å². The average Bonchev–Trinajstić information content (AvgIpc) is 2.65. The molecule has 27 heavy (non-hydrogen) atoms. The number of nitrogens with one attached hydrogen (secondary N) is 2. The van der Waals surface area contributed by atoms with E-state index in [0.29, 0.717) is 17.1 Å². The Balaban J connectivity index is 1.76. The number of amides is 1. The van der Waals surface area contributed by atoms with Gasteiger partial charge in [-0.2, -0.15) is 0 Å². The summed E-state index contributed by atoms with van der Waals surface area (Å²) >= 11 is 0. The van der Waals surface area contributed by atoms with Crippen LogP contribution >= 0.6 is 0 Å². The smallest absolute Gasteiger partial charge is 0.255 e. The van der Waals surface area contributed by atoms with Crippen LogP contribution in [0, 0.1) is 11.6 Å². The second kappa shape index (κ2) is 7.74. The first-order valence-electron chi connectivity index (χ1n) is 8.03. The number of carbonyl (C=O) groups is 2. The molecule has 0 radical (unpaired) electrons. The van der Waals surface area contributed by atoms with Crippen LogP contribution in [-0.2, 0) is 0 Å². The van der Waals surface area contributed by atoms with Crippen molar-refractivity contribution in [1.82, 2.24) is 4.98 Å². The van der Waals surface area contributed by atoms with Gasteiger partial charge in [-0.25, -0.2) is 13.8 Å². The van der Waals surface area contributed by atoms with Gasteiger partial charge in [0.05, 0.1) is 0 Å². The van der Waals surface area contributed by atoms with Crippen LogP contribution in [0.4, 0.5) is 26.0 Å². The molecule has 1 heterocycles. The lowest BCUT2D eigenvalue weighted by Crippen LogP contribution is -2.12. The van der Waals surface area contributed by atoms with Crippen molar-refractivity contribution in [1.29, 1.82) is 0 Å². The number of rotatable bonds is 5. The van der Waals surface area contributed by atoms with Crippen molar-refractivity contribution in [3.05, 3.63) is 83.6 Å². The van der Waals surface area contributed by atoms with Crippen LogP contribution in [0.2, 0.25) is 0 Å². The molecule has 0 saturated heterocycles. The lowest BCUT2D eigenvalue weighted by molar-refractivity contribution is 0.101. The first-order chi connectivity index (χ1) is 12.9. The summed E-state index contributed by atoms with van der Waals surface area (Å²) in [6.45, 7) is 1.47. The molecule has 0 bridgehead atoms. The van der Waals surface area contributed by atoms with Crippen molar-refractivity contribution >= 4 is 28.9 Å². The van der Waals surface area contributed by atoms with E-state index < -0.39 is 17.5 Å². The summed E-state index contributed by atoms with van der Waals surface area (Å²) in [7, 11) is 0. The second-order valence-electron chi connectivity index (χ2n) is 5.77. The molecule has 0 spiro atoms. The molecule has 136 valence electrons. The number of carbonyl (C=O) groups excluding carboxylic acids is 2. The van der Waals surface area contributed by atoms with Crippen molar-refractivity contribution in [3.8, 4) is 0 Å². The van der Waals surface area contributed by atoms with E-state index in [4.69, 9.17) is 0 Å². The number of hydrogen-bond donors (Lipinski definition) is 2.